The van der Waals surface area contributed by atoms with Gasteiger partial charge >= 0.3 is 0 Å². The first-order valence-corrected chi connectivity index (χ1v) is 7.16. The van der Waals surface area contributed by atoms with Crippen molar-refractivity contribution < 1.29 is 4.74 Å². The highest BCUT2D eigenvalue weighted by atomic mass is 16.5. The van der Waals surface area contributed by atoms with Crippen LogP contribution in [-0.4, -0.2) is 12.0 Å². The molecule has 0 amide bonds. The summed E-state index contributed by atoms with van der Waals surface area (Å²) in [4.78, 5) is 4.98. The van der Waals surface area contributed by atoms with Crippen LogP contribution in [0.3, 0.4) is 0 Å². The predicted molar refractivity (Wildman–Crippen MR) is 73.8 cm³/mol. The van der Waals surface area contributed by atoms with E-state index in [0.29, 0.717) is 0 Å². The topological polar surface area (TPSA) is 21.6 Å². The van der Waals surface area contributed by atoms with Crippen molar-refractivity contribution in [3.63, 3.8) is 0 Å². The number of hydrogen-bond donors (Lipinski definition) is 0. The number of aliphatic imine (C=N–C) groups is 1. The lowest BCUT2D eigenvalue weighted by Gasteiger charge is -2.30. The molecular weight excluding hydrogens is 222 g/mol. The number of fused-ring (bicyclic) bond motifs is 1. The van der Waals surface area contributed by atoms with Crippen LogP contribution in [0.2, 0.25) is 0 Å². The van der Waals surface area contributed by atoms with Crippen LogP contribution in [0, 0.1) is 0 Å². The van der Waals surface area contributed by atoms with Gasteiger partial charge < -0.3 is 4.74 Å². The Morgan fingerprint density at radius 1 is 1.22 bits per heavy atom. The number of nitrogens with zero attached hydrogens (tertiary/aromatic N) is 1. The van der Waals surface area contributed by atoms with Crippen molar-refractivity contribution in [2.75, 3.05) is 0 Å². The Bertz CT molecular complexity index is 440. The molecule has 1 aromatic carbocycles. The molecule has 1 saturated carbocycles. The third kappa shape index (κ3) is 1.84. The van der Waals surface area contributed by atoms with Crippen LogP contribution in [0.25, 0.3) is 0 Å². The number of benzene rings is 1. The van der Waals surface area contributed by atoms with Gasteiger partial charge in [-0.1, -0.05) is 50.1 Å². The standard InChI is InChI=1S/C16H21NO/c1-2-15-17-16(13-9-5-3-6-10-13)12-8-4-7-11-14(16)18-15/h3,5-6,9-10,14H,2,4,7-8,11-12H2,1H3/t14-,16-/m0/s1. The summed E-state index contributed by atoms with van der Waals surface area (Å²) in [7, 11) is 0. The molecule has 0 spiro atoms. The molecule has 2 atom stereocenters. The third-order valence-electron chi connectivity index (χ3n) is 4.24. The van der Waals surface area contributed by atoms with Gasteiger partial charge in [-0.2, -0.15) is 0 Å². The van der Waals surface area contributed by atoms with Crippen molar-refractivity contribution in [3.8, 4) is 0 Å². The summed E-state index contributed by atoms with van der Waals surface area (Å²) >= 11 is 0. The number of rotatable bonds is 2. The summed E-state index contributed by atoms with van der Waals surface area (Å²) in [5, 5.41) is 0. The van der Waals surface area contributed by atoms with E-state index in [4.69, 9.17) is 9.73 Å². The van der Waals surface area contributed by atoms with Crippen LogP contribution in [0.15, 0.2) is 35.3 Å². The molecule has 96 valence electrons. The van der Waals surface area contributed by atoms with Crippen LogP contribution in [0.5, 0.6) is 0 Å². The van der Waals surface area contributed by atoms with E-state index in [2.05, 4.69) is 37.3 Å². The molecule has 2 nitrogen and oxygen atoms in total. The van der Waals surface area contributed by atoms with E-state index in [1.165, 1.54) is 24.8 Å². The zero-order valence-corrected chi connectivity index (χ0v) is 11.1. The molecule has 0 N–H and O–H groups in total. The molecule has 0 radical (unpaired) electrons. The van der Waals surface area contributed by atoms with Crippen LogP contribution < -0.4 is 0 Å². The summed E-state index contributed by atoms with van der Waals surface area (Å²) in [5.41, 5.74) is 1.24. The second kappa shape index (κ2) is 4.75. The van der Waals surface area contributed by atoms with Gasteiger partial charge in [0.05, 0.1) is 0 Å². The van der Waals surface area contributed by atoms with Gasteiger partial charge in [-0.25, -0.2) is 4.99 Å². The van der Waals surface area contributed by atoms with Gasteiger partial charge in [0.15, 0.2) is 5.90 Å². The Kier molecular flexibility index (Phi) is 3.11. The predicted octanol–water partition coefficient (Wildman–Crippen LogP) is 4.05. The summed E-state index contributed by atoms with van der Waals surface area (Å²) in [6.07, 6.45) is 7.28. The smallest absolute Gasteiger partial charge is 0.184 e. The lowest BCUT2D eigenvalue weighted by atomic mass is 9.82. The Morgan fingerprint density at radius 3 is 2.83 bits per heavy atom. The average molecular weight is 243 g/mol. The fourth-order valence-corrected chi connectivity index (χ4v) is 3.28. The van der Waals surface area contributed by atoms with Crippen molar-refractivity contribution >= 4 is 5.90 Å². The van der Waals surface area contributed by atoms with Crippen molar-refractivity contribution in [1.29, 1.82) is 0 Å². The minimum atomic E-state index is -0.0941. The Balaban J connectivity index is 2.04. The molecule has 1 aliphatic carbocycles. The first kappa shape index (κ1) is 11.8. The first-order chi connectivity index (χ1) is 8.85. The zero-order valence-electron chi connectivity index (χ0n) is 11.1. The van der Waals surface area contributed by atoms with Gasteiger partial charge in [0.25, 0.3) is 0 Å². The van der Waals surface area contributed by atoms with E-state index in [1.807, 2.05) is 0 Å². The lowest BCUT2D eigenvalue weighted by molar-refractivity contribution is 0.125. The maximum atomic E-state index is 6.10. The fourth-order valence-electron chi connectivity index (χ4n) is 3.28. The molecular formula is C16H21NO. The van der Waals surface area contributed by atoms with Crippen molar-refractivity contribution in [2.24, 2.45) is 4.99 Å². The van der Waals surface area contributed by atoms with E-state index in [1.54, 1.807) is 0 Å². The molecule has 1 fully saturated rings. The highest BCUT2D eigenvalue weighted by Gasteiger charge is 2.47. The molecule has 0 unspecified atom stereocenters. The van der Waals surface area contributed by atoms with E-state index in [9.17, 15) is 0 Å². The van der Waals surface area contributed by atoms with Crippen molar-refractivity contribution in [2.45, 2.75) is 57.1 Å². The second-order valence-corrected chi connectivity index (χ2v) is 5.36. The number of ether oxygens (including phenoxy) is 1. The second-order valence-electron chi connectivity index (χ2n) is 5.36. The fraction of sp³-hybridized carbons (Fsp3) is 0.562. The molecule has 2 aliphatic rings. The normalized spacial score (nSPS) is 31.2. The quantitative estimate of drug-likeness (QED) is 0.767. The maximum absolute atomic E-state index is 6.10. The minimum Gasteiger partial charge on any atom is -0.475 e. The highest BCUT2D eigenvalue weighted by molar-refractivity contribution is 5.78. The monoisotopic (exact) mass is 243 g/mol. The van der Waals surface area contributed by atoms with Crippen molar-refractivity contribution in [3.05, 3.63) is 35.9 Å². The maximum Gasteiger partial charge on any atom is 0.184 e. The SMILES string of the molecule is CCC1=N[C@]2(c3ccccc3)CCCCC[C@@H]2O1. The van der Waals surface area contributed by atoms with E-state index >= 15 is 0 Å². The molecule has 1 aromatic rings. The highest BCUT2D eigenvalue weighted by Crippen LogP contribution is 2.45. The van der Waals surface area contributed by atoms with Gasteiger partial charge in [0, 0.05) is 6.42 Å². The van der Waals surface area contributed by atoms with Crippen molar-refractivity contribution in [1.82, 2.24) is 0 Å². The lowest BCUT2D eigenvalue weighted by Crippen LogP contribution is -2.34. The Labute approximate surface area is 109 Å². The first-order valence-electron chi connectivity index (χ1n) is 7.16. The molecule has 0 saturated heterocycles. The van der Waals surface area contributed by atoms with Gasteiger partial charge in [0.2, 0.25) is 0 Å². The van der Waals surface area contributed by atoms with Crippen LogP contribution in [0.4, 0.5) is 0 Å². The Hall–Kier alpha value is -1.31. The summed E-state index contributed by atoms with van der Waals surface area (Å²) in [5.74, 6) is 0.950. The Morgan fingerprint density at radius 2 is 2.06 bits per heavy atom. The molecule has 0 bridgehead atoms. The minimum absolute atomic E-state index is 0.0941. The van der Waals surface area contributed by atoms with Gasteiger partial charge in [-0.15, -0.1) is 0 Å². The van der Waals surface area contributed by atoms with Gasteiger partial charge in [-0.3, -0.25) is 0 Å². The molecule has 2 heteroatoms. The van der Waals surface area contributed by atoms with E-state index in [-0.39, 0.29) is 11.6 Å². The third-order valence-corrected chi connectivity index (χ3v) is 4.24. The zero-order chi connectivity index (χ0) is 12.4. The molecule has 0 aromatic heterocycles. The van der Waals surface area contributed by atoms with E-state index in [0.717, 1.165) is 25.2 Å². The summed E-state index contributed by atoms with van der Waals surface area (Å²) in [6, 6.07) is 10.7. The van der Waals surface area contributed by atoms with E-state index < -0.39 is 0 Å². The average Bonchev–Trinajstić information content (AvgIpc) is 2.68. The molecule has 3 rings (SSSR count). The summed E-state index contributed by atoms with van der Waals surface area (Å²) < 4.78 is 6.10. The molecule has 18 heavy (non-hydrogen) atoms. The van der Waals surface area contributed by atoms with Gasteiger partial charge in [-0.05, 0) is 24.8 Å². The van der Waals surface area contributed by atoms with Crippen LogP contribution in [-0.2, 0) is 10.3 Å². The molecule has 1 aliphatic heterocycles. The largest absolute Gasteiger partial charge is 0.475 e. The van der Waals surface area contributed by atoms with Crippen LogP contribution >= 0.6 is 0 Å². The molecule has 1 heterocycles. The summed E-state index contributed by atoms with van der Waals surface area (Å²) in [6.45, 7) is 2.13. The van der Waals surface area contributed by atoms with Crippen LogP contribution in [0.1, 0.15) is 51.0 Å². The number of hydrogen-bond acceptors (Lipinski definition) is 2. The van der Waals surface area contributed by atoms with Gasteiger partial charge in [0.1, 0.15) is 11.6 Å².